The maximum absolute atomic E-state index is 10.3. The van der Waals surface area contributed by atoms with E-state index in [0.29, 0.717) is 5.69 Å². The zero-order chi connectivity index (χ0) is 12.7. The van der Waals surface area contributed by atoms with Crippen LogP contribution in [0, 0.1) is 0 Å². The van der Waals surface area contributed by atoms with E-state index in [9.17, 15) is 13.0 Å². The van der Waals surface area contributed by atoms with E-state index in [-0.39, 0.29) is 34.5 Å². The standard InChI is InChI=1S/C6H7NO3S.C3H3N3.Na/c7-5-1-3-6(4-2-5)11(8,9)10;1-2-4-6-5-3-1;/h1-4H,7H2,(H,8,9,10);1-3H;/q;;+1/p-1. The van der Waals surface area contributed by atoms with Gasteiger partial charge in [-0.05, 0) is 35.5 Å². The summed E-state index contributed by atoms with van der Waals surface area (Å²) in [5.41, 5.74) is 5.70. The molecule has 2 N–H and O–H groups in total. The number of rotatable bonds is 1. The van der Waals surface area contributed by atoms with E-state index < -0.39 is 10.1 Å². The van der Waals surface area contributed by atoms with Gasteiger partial charge in [-0.3, -0.25) is 0 Å². The van der Waals surface area contributed by atoms with Crippen LogP contribution in [0.1, 0.15) is 0 Å². The number of nitrogen functional groups attached to an aromatic ring is 1. The molecule has 1 aromatic heterocycles. The quantitative estimate of drug-likeness (QED) is 0.335. The van der Waals surface area contributed by atoms with Gasteiger partial charge in [-0.25, -0.2) is 8.42 Å². The predicted octanol–water partition coefficient (Wildman–Crippen LogP) is -2.95. The van der Waals surface area contributed by atoms with E-state index in [2.05, 4.69) is 15.4 Å². The van der Waals surface area contributed by atoms with Gasteiger partial charge < -0.3 is 10.3 Å². The molecular weight excluding hydrogens is 267 g/mol. The number of nitrogens with two attached hydrogens (primary N) is 1. The zero-order valence-corrected chi connectivity index (χ0v) is 12.4. The molecular formula is C9H9N4NaO3S. The van der Waals surface area contributed by atoms with Crippen LogP contribution in [0.25, 0.3) is 0 Å². The Morgan fingerprint density at radius 3 is 1.83 bits per heavy atom. The third kappa shape index (κ3) is 6.62. The van der Waals surface area contributed by atoms with Crippen LogP contribution in [0.15, 0.2) is 47.6 Å². The topological polar surface area (TPSA) is 122 Å². The molecule has 0 fully saturated rings. The van der Waals surface area contributed by atoms with E-state index in [1.165, 1.54) is 24.3 Å². The van der Waals surface area contributed by atoms with Crippen molar-refractivity contribution in [3.05, 3.63) is 42.7 Å². The van der Waals surface area contributed by atoms with E-state index in [0.717, 1.165) is 0 Å². The third-order valence-electron chi connectivity index (χ3n) is 1.58. The van der Waals surface area contributed by atoms with Crippen LogP contribution < -0.4 is 35.3 Å². The van der Waals surface area contributed by atoms with Crippen molar-refractivity contribution >= 4 is 15.8 Å². The van der Waals surface area contributed by atoms with E-state index in [1.54, 1.807) is 18.5 Å². The second kappa shape index (κ2) is 8.11. The summed E-state index contributed by atoms with van der Waals surface area (Å²) < 4.78 is 31.0. The first-order valence-corrected chi connectivity index (χ1v) is 5.81. The van der Waals surface area contributed by atoms with Gasteiger partial charge in [-0.1, -0.05) is 0 Å². The Bertz CT molecular complexity index is 521. The molecule has 1 aromatic carbocycles. The molecule has 7 nitrogen and oxygen atoms in total. The first-order chi connectivity index (χ1) is 8.00. The van der Waals surface area contributed by atoms with Crippen LogP contribution in [-0.4, -0.2) is 28.4 Å². The molecule has 2 aromatic rings. The van der Waals surface area contributed by atoms with Gasteiger partial charge in [0.2, 0.25) is 0 Å². The van der Waals surface area contributed by atoms with Crippen LogP contribution in [0.4, 0.5) is 5.69 Å². The first-order valence-electron chi connectivity index (χ1n) is 4.40. The summed E-state index contributed by atoms with van der Waals surface area (Å²) >= 11 is 0. The number of nitrogens with zero attached hydrogens (tertiary/aromatic N) is 3. The summed E-state index contributed by atoms with van der Waals surface area (Å²) in [7, 11) is -4.33. The van der Waals surface area contributed by atoms with Crippen LogP contribution in [0.2, 0.25) is 0 Å². The van der Waals surface area contributed by atoms with Crippen LogP contribution in [0.5, 0.6) is 0 Å². The molecule has 90 valence electrons. The van der Waals surface area contributed by atoms with Gasteiger partial charge in [0.05, 0.1) is 17.3 Å². The third-order valence-corrected chi connectivity index (χ3v) is 2.43. The molecule has 0 amide bonds. The van der Waals surface area contributed by atoms with Crippen molar-refractivity contribution in [3.8, 4) is 0 Å². The molecule has 18 heavy (non-hydrogen) atoms. The number of hydrogen-bond donors (Lipinski definition) is 1. The van der Waals surface area contributed by atoms with E-state index in [1.807, 2.05) is 0 Å². The minimum Gasteiger partial charge on any atom is -0.744 e. The SMILES string of the molecule is Nc1ccc(S(=O)(=O)[O-])cc1.[Na+].c1cnnnc1. The average Bonchev–Trinajstić information content (AvgIpc) is 2.31. The maximum Gasteiger partial charge on any atom is 1.00 e. The minimum absolute atomic E-state index is 0. The number of hydrogen-bond acceptors (Lipinski definition) is 7. The van der Waals surface area contributed by atoms with Gasteiger partial charge in [-0.2, -0.15) is 0 Å². The Morgan fingerprint density at radius 1 is 1.06 bits per heavy atom. The molecule has 1 heterocycles. The predicted molar refractivity (Wildman–Crippen MR) is 58.6 cm³/mol. The smallest absolute Gasteiger partial charge is 0.744 e. The molecule has 0 saturated carbocycles. The van der Waals surface area contributed by atoms with Gasteiger partial charge in [0.25, 0.3) is 0 Å². The first kappa shape index (κ1) is 16.9. The summed E-state index contributed by atoms with van der Waals surface area (Å²) in [6, 6.07) is 6.80. The molecule has 0 bridgehead atoms. The summed E-state index contributed by atoms with van der Waals surface area (Å²) in [5, 5.41) is 10.1. The summed E-state index contributed by atoms with van der Waals surface area (Å²) in [6.07, 6.45) is 3.15. The Kier molecular flexibility index (Phi) is 7.64. The number of aromatic nitrogens is 3. The zero-order valence-electron chi connectivity index (χ0n) is 9.59. The van der Waals surface area contributed by atoms with Crippen molar-refractivity contribution in [2.45, 2.75) is 4.90 Å². The van der Waals surface area contributed by atoms with Crippen molar-refractivity contribution in [2.75, 3.05) is 5.73 Å². The monoisotopic (exact) mass is 276 g/mol. The van der Waals surface area contributed by atoms with Crippen LogP contribution in [0.3, 0.4) is 0 Å². The molecule has 0 aliphatic rings. The van der Waals surface area contributed by atoms with Gasteiger partial charge in [0.1, 0.15) is 10.1 Å². The van der Waals surface area contributed by atoms with Crippen molar-refractivity contribution < 1.29 is 42.5 Å². The van der Waals surface area contributed by atoms with Crippen molar-refractivity contribution in [3.63, 3.8) is 0 Å². The molecule has 0 saturated heterocycles. The molecule has 9 heteroatoms. The second-order valence-corrected chi connectivity index (χ2v) is 4.21. The van der Waals surface area contributed by atoms with Crippen molar-refractivity contribution in [2.24, 2.45) is 0 Å². The molecule has 0 aliphatic carbocycles. The van der Waals surface area contributed by atoms with Gasteiger partial charge in [0, 0.05) is 5.69 Å². The normalized spacial score (nSPS) is 9.61. The second-order valence-electron chi connectivity index (χ2n) is 2.83. The average molecular weight is 276 g/mol. The Balaban J connectivity index is 0.000000352. The summed E-state index contributed by atoms with van der Waals surface area (Å²) in [4.78, 5) is -0.258. The molecule has 0 atom stereocenters. The Morgan fingerprint density at radius 2 is 1.56 bits per heavy atom. The Labute approximate surface area is 126 Å². The van der Waals surface area contributed by atoms with Crippen molar-refractivity contribution in [1.29, 1.82) is 0 Å². The van der Waals surface area contributed by atoms with Crippen LogP contribution >= 0.6 is 0 Å². The van der Waals surface area contributed by atoms with Gasteiger partial charge in [0.15, 0.2) is 0 Å². The fourth-order valence-corrected chi connectivity index (χ4v) is 1.31. The van der Waals surface area contributed by atoms with Crippen molar-refractivity contribution in [1.82, 2.24) is 15.4 Å². The van der Waals surface area contributed by atoms with Gasteiger partial charge in [-0.15, -0.1) is 10.2 Å². The fourth-order valence-electron chi connectivity index (χ4n) is 0.839. The molecule has 0 unspecified atom stereocenters. The Hall–Kier alpha value is -1.06. The van der Waals surface area contributed by atoms with E-state index >= 15 is 0 Å². The van der Waals surface area contributed by atoms with E-state index in [4.69, 9.17) is 5.73 Å². The molecule has 0 aliphatic heterocycles. The summed E-state index contributed by atoms with van der Waals surface area (Å²) in [6.45, 7) is 0. The molecule has 0 radical (unpaired) electrons. The summed E-state index contributed by atoms with van der Waals surface area (Å²) in [5.74, 6) is 0. The number of anilines is 1. The largest absolute Gasteiger partial charge is 1.00 e. The molecule has 2 rings (SSSR count). The molecule has 0 spiro atoms. The van der Waals surface area contributed by atoms with Crippen LogP contribution in [-0.2, 0) is 10.1 Å². The number of benzene rings is 1. The maximum atomic E-state index is 10.3. The fraction of sp³-hybridized carbons (Fsp3) is 0. The minimum atomic E-state index is -4.33. The van der Waals surface area contributed by atoms with Gasteiger partial charge >= 0.3 is 29.6 Å².